The summed E-state index contributed by atoms with van der Waals surface area (Å²) in [6, 6.07) is 0. The van der Waals surface area contributed by atoms with E-state index in [2.05, 4.69) is 5.32 Å². The molecule has 0 saturated carbocycles. The molecule has 0 aromatic carbocycles. The molecule has 2 fully saturated rings. The quantitative estimate of drug-likeness (QED) is 0.481. The summed E-state index contributed by atoms with van der Waals surface area (Å²) in [5, 5.41) is 11.9. The van der Waals surface area contributed by atoms with Gasteiger partial charge in [-0.3, -0.25) is 0 Å². The average Bonchev–Trinajstić information content (AvgIpc) is 2.26. The predicted molar refractivity (Wildman–Crippen MR) is 33.5 cm³/mol. The van der Waals surface area contributed by atoms with Gasteiger partial charge in [0.1, 0.15) is 12.2 Å². The van der Waals surface area contributed by atoms with Crippen molar-refractivity contribution in [2.45, 2.75) is 18.5 Å². The van der Waals surface area contributed by atoms with Crippen LogP contribution >= 0.6 is 0 Å². The number of rotatable bonds is 1. The van der Waals surface area contributed by atoms with Gasteiger partial charge in [-0.25, -0.2) is 0 Å². The second-order valence-corrected chi connectivity index (χ2v) is 2.62. The lowest BCUT2D eigenvalue weighted by atomic mass is 10.2. The van der Waals surface area contributed by atoms with Crippen LogP contribution in [0.5, 0.6) is 0 Å². The summed E-state index contributed by atoms with van der Waals surface area (Å²) in [5.74, 6) is 0. The Morgan fingerprint density at radius 2 is 2.30 bits per heavy atom. The summed E-state index contributed by atoms with van der Waals surface area (Å²) >= 11 is 0. The SMILES string of the molecule is OC[C@H]1O[C@@H]2CNCC1O2. The molecule has 2 saturated heterocycles. The molecule has 2 aliphatic heterocycles. The first-order valence-corrected chi connectivity index (χ1v) is 3.52. The number of aliphatic hydroxyl groups is 1. The Balaban J connectivity index is 2.01. The van der Waals surface area contributed by atoms with Crippen molar-refractivity contribution in [1.29, 1.82) is 0 Å². The summed E-state index contributed by atoms with van der Waals surface area (Å²) in [4.78, 5) is 0. The van der Waals surface area contributed by atoms with Gasteiger partial charge in [-0.2, -0.15) is 0 Å². The van der Waals surface area contributed by atoms with Crippen molar-refractivity contribution in [3.05, 3.63) is 0 Å². The molecule has 0 aliphatic carbocycles. The van der Waals surface area contributed by atoms with Crippen molar-refractivity contribution in [2.75, 3.05) is 19.7 Å². The van der Waals surface area contributed by atoms with E-state index < -0.39 is 0 Å². The molecule has 0 aromatic heterocycles. The minimum Gasteiger partial charge on any atom is -0.394 e. The van der Waals surface area contributed by atoms with Crippen molar-refractivity contribution < 1.29 is 14.6 Å². The van der Waals surface area contributed by atoms with Gasteiger partial charge in [-0.1, -0.05) is 0 Å². The van der Waals surface area contributed by atoms with E-state index in [0.717, 1.165) is 13.1 Å². The maximum Gasteiger partial charge on any atom is 0.171 e. The monoisotopic (exact) mass is 145 g/mol. The van der Waals surface area contributed by atoms with E-state index in [-0.39, 0.29) is 25.1 Å². The molecular weight excluding hydrogens is 134 g/mol. The average molecular weight is 145 g/mol. The van der Waals surface area contributed by atoms with Gasteiger partial charge in [0.2, 0.25) is 0 Å². The highest BCUT2D eigenvalue weighted by Crippen LogP contribution is 2.20. The third-order valence-electron chi connectivity index (χ3n) is 1.90. The zero-order valence-corrected chi connectivity index (χ0v) is 5.62. The number of hydrogen-bond donors (Lipinski definition) is 2. The van der Waals surface area contributed by atoms with E-state index in [1.807, 2.05) is 0 Å². The van der Waals surface area contributed by atoms with Crippen molar-refractivity contribution in [3.63, 3.8) is 0 Å². The molecular formula is C6H11NO3. The van der Waals surface area contributed by atoms with Gasteiger partial charge in [0, 0.05) is 13.1 Å². The van der Waals surface area contributed by atoms with E-state index in [9.17, 15) is 0 Å². The Labute approximate surface area is 59.1 Å². The van der Waals surface area contributed by atoms with Gasteiger partial charge >= 0.3 is 0 Å². The highest BCUT2D eigenvalue weighted by atomic mass is 16.7. The van der Waals surface area contributed by atoms with E-state index >= 15 is 0 Å². The van der Waals surface area contributed by atoms with Crippen LogP contribution in [0.25, 0.3) is 0 Å². The standard InChI is InChI=1S/C6H11NO3/c8-3-5-4-1-7-2-6(9-4)10-5/h4-8H,1-3H2/t4?,5-,6-/m1/s1. The second kappa shape index (κ2) is 2.47. The molecule has 3 atom stereocenters. The summed E-state index contributed by atoms with van der Waals surface area (Å²) < 4.78 is 10.7. The molecule has 2 aliphatic rings. The summed E-state index contributed by atoms with van der Waals surface area (Å²) in [6.07, 6.45) is -0.181. The molecule has 2 heterocycles. The second-order valence-electron chi connectivity index (χ2n) is 2.62. The molecule has 10 heavy (non-hydrogen) atoms. The molecule has 4 nitrogen and oxygen atoms in total. The van der Waals surface area contributed by atoms with Gasteiger partial charge < -0.3 is 19.9 Å². The third-order valence-corrected chi connectivity index (χ3v) is 1.90. The molecule has 4 heteroatoms. The molecule has 2 rings (SSSR count). The number of hydrogen-bond acceptors (Lipinski definition) is 4. The Morgan fingerprint density at radius 1 is 1.40 bits per heavy atom. The normalized spacial score (nSPS) is 45.9. The van der Waals surface area contributed by atoms with Gasteiger partial charge in [0.05, 0.1) is 6.61 Å². The highest BCUT2D eigenvalue weighted by Gasteiger charge is 2.38. The highest BCUT2D eigenvalue weighted by molar-refractivity contribution is 4.83. The van der Waals surface area contributed by atoms with Gasteiger partial charge in [0.25, 0.3) is 0 Å². The van der Waals surface area contributed by atoms with Crippen LogP contribution in [0.1, 0.15) is 0 Å². The zero-order valence-electron chi connectivity index (χ0n) is 5.62. The molecule has 2 N–H and O–H groups in total. The van der Waals surface area contributed by atoms with Crippen LogP contribution in [-0.4, -0.2) is 43.3 Å². The number of aliphatic hydroxyl groups excluding tert-OH is 1. The molecule has 1 unspecified atom stereocenters. The van der Waals surface area contributed by atoms with Crippen molar-refractivity contribution in [1.82, 2.24) is 5.32 Å². The first kappa shape index (κ1) is 6.54. The first-order chi connectivity index (χ1) is 4.90. The van der Waals surface area contributed by atoms with E-state index in [1.165, 1.54) is 0 Å². The topological polar surface area (TPSA) is 50.7 Å². The Morgan fingerprint density at radius 3 is 3.00 bits per heavy atom. The van der Waals surface area contributed by atoms with E-state index in [1.54, 1.807) is 0 Å². The van der Waals surface area contributed by atoms with Crippen molar-refractivity contribution >= 4 is 0 Å². The van der Waals surface area contributed by atoms with Gasteiger partial charge in [-0.15, -0.1) is 0 Å². The van der Waals surface area contributed by atoms with Gasteiger partial charge in [-0.05, 0) is 0 Å². The number of morpholine rings is 1. The van der Waals surface area contributed by atoms with Crippen LogP contribution < -0.4 is 5.32 Å². The fourth-order valence-corrected chi connectivity index (χ4v) is 1.38. The zero-order chi connectivity index (χ0) is 6.97. The fourth-order valence-electron chi connectivity index (χ4n) is 1.38. The minimum atomic E-state index is -0.129. The first-order valence-electron chi connectivity index (χ1n) is 3.52. The molecule has 0 spiro atoms. The predicted octanol–water partition coefficient (Wildman–Crippen LogP) is -1.31. The maximum absolute atomic E-state index is 8.78. The number of ether oxygens (including phenoxy) is 2. The van der Waals surface area contributed by atoms with E-state index in [4.69, 9.17) is 14.6 Å². The van der Waals surface area contributed by atoms with Crippen LogP contribution in [-0.2, 0) is 9.47 Å². The lowest BCUT2D eigenvalue weighted by Crippen LogP contribution is -2.41. The number of nitrogens with one attached hydrogen (secondary N) is 1. The van der Waals surface area contributed by atoms with Crippen LogP contribution in [0, 0.1) is 0 Å². The van der Waals surface area contributed by atoms with Crippen molar-refractivity contribution in [3.8, 4) is 0 Å². The van der Waals surface area contributed by atoms with Crippen LogP contribution in [0.4, 0.5) is 0 Å². The van der Waals surface area contributed by atoms with Crippen LogP contribution in [0.3, 0.4) is 0 Å². The largest absolute Gasteiger partial charge is 0.394 e. The third kappa shape index (κ3) is 0.932. The Kier molecular flexibility index (Phi) is 1.61. The number of fused-ring (bicyclic) bond motifs is 2. The Bertz CT molecular complexity index is 130. The summed E-state index contributed by atoms with van der Waals surface area (Å²) in [6.45, 7) is 1.59. The molecule has 2 bridgehead atoms. The fraction of sp³-hybridized carbons (Fsp3) is 1.00. The summed E-state index contributed by atoms with van der Waals surface area (Å²) in [7, 11) is 0. The maximum atomic E-state index is 8.78. The summed E-state index contributed by atoms with van der Waals surface area (Å²) in [5.41, 5.74) is 0. The van der Waals surface area contributed by atoms with Gasteiger partial charge in [0.15, 0.2) is 6.29 Å². The van der Waals surface area contributed by atoms with E-state index in [0.29, 0.717) is 0 Å². The van der Waals surface area contributed by atoms with Crippen molar-refractivity contribution in [2.24, 2.45) is 0 Å². The molecule has 0 radical (unpaired) electrons. The lowest BCUT2D eigenvalue weighted by molar-refractivity contribution is -0.0791. The Hall–Kier alpha value is -0.160. The molecule has 0 aromatic rings. The van der Waals surface area contributed by atoms with Crippen LogP contribution in [0.2, 0.25) is 0 Å². The lowest BCUT2D eigenvalue weighted by Gasteiger charge is -2.18. The smallest absolute Gasteiger partial charge is 0.171 e. The van der Waals surface area contributed by atoms with Crippen LogP contribution in [0.15, 0.2) is 0 Å². The molecule has 58 valence electrons. The molecule has 0 amide bonds. The minimum absolute atomic E-state index is 0.0584.